The van der Waals surface area contributed by atoms with Crippen molar-refractivity contribution >= 4 is 35.1 Å². The van der Waals surface area contributed by atoms with Gasteiger partial charge in [0.25, 0.3) is 5.24 Å². The standard InChI is InChI=1S/C19H20N2O3S/c1-14-6-5-8-16(10-14)20-13-21-19(23)25-17(12-22)11-15-7-3-4-9-18(15)24-2/h3-12,20H,13H2,1-2H3,(H,21,23)/b17-11+. The third kappa shape index (κ3) is 6.00. The minimum atomic E-state index is -0.312. The highest BCUT2D eigenvalue weighted by atomic mass is 32.2. The molecule has 2 aromatic carbocycles. The zero-order chi connectivity index (χ0) is 18.1. The number of hydrogen-bond acceptors (Lipinski definition) is 5. The van der Waals surface area contributed by atoms with Gasteiger partial charge in [-0.15, -0.1) is 0 Å². The number of aldehydes is 1. The number of carbonyl (C=O) groups is 2. The highest BCUT2D eigenvalue weighted by Crippen LogP contribution is 2.24. The average molecular weight is 356 g/mol. The number of allylic oxidation sites excluding steroid dienone is 1. The molecule has 0 saturated heterocycles. The molecule has 0 saturated carbocycles. The van der Waals surface area contributed by atoms with E-state index >= 15 is 0 Å². The van der Waals surface area contributed by atoms with Crippen LogP contribution in [0.4, 0.5) is 10.5 Å². The Labute approximate surface area is 151 Å². The minimum Gasteiger partial charge on any atom is -0.496 e. The van der Waals surface area contributed by atoms with E-state index in [0.29, 0.717) is 16.9 Å². The summed E-state index contributed by atoms with van der Waals surface area (Å²) in [7, 11) is 1.56. The van der Waals surface area contributed by atoms with Crippen molar-refractivity contribution < 1.29 is 14.3 Å². The number of nitrogens with one attached hydrogen (secondary N) is 2. The van der Waals surface area contributed by atoms with E-state index in [1.54, 1.807) is 19.3 Å². The number of rotatable bonds is 7. The Morgan fingerprint density at radius 3 is 2.72 bits per heavy atom. The summed E-state index contributed by atoms with van der Waals surface area (Å²) in [5, 5.41) is 5.50. The van der Waals surface area contributed by atoms with E-state index in [1.807, 2.05) is 49.4 Å². The number of amides is 1. The van der Waals surface area contributed by atoms with Crippen LogP contribution in [0.15, 0.2) is 53.4 Å². The van der Waals surface area contributed by atoms with Crippen molar-refractivity contribution in [2.24, 2.45) is 0 Å². The van der Waals surface area contributed by atoms with E-state index in [9.17, 15) is 9.59 Å². The van der Waals surface area contributed by atoms with Gasteiger partial charge in [0, 0.05) is 11.3 Å². The number of para-hydroxylation sites is 1. The monoisotopic (exact) mass is 356 g/mol. The third-order valence-electron chi connectivity index (χ3n) is 3.31. The molecule has 25 heavy (non-hydrogen) atoms. The molecular weight excluding hydrogens is 336 g/mol. The van der Waals surface area contributed by atoms with Crippen molar-refractivity contribution in [2.45, 2.75) is 6.92 Å². The Hall–Kier alpha value is -2.73. The first-order valence-corrected chi connectivity index (χ1v) is 8.50. The molecule has 0 unspecified atom stereocenters. The van der Waals surface area contributed by atoms with Crippen molar-refractivity contribution in [3.63, 3.8) is 0 Å². The van der Waals surface area contributed by atoms with Crippen LogP contribution in [-0.2, 0) is 4.79 Å². The van der Waals surface area contributed by atoms with Gasteiger partial charge in [-0.3, -0.25) is 9.59 Å². The number of aryl methyl sites for hydroxylation is 1. The van der Waals surface area contributed by atoms with Crippen LogP contribution in [0.5, 0.6) is 5.75 Å². The first-order valence-electron chi connectivity index (χ1n) is 7.68. The van der Waals surface area contributed by atoms with Crippen LogP contribution < -0.4 is 15.4 Å². The molecule has 2 N–H and O–H groups in total. The van der Waals surface area contributed by atoms with Crippen molar-refractivity contribution in [1.82, 2.24) is 5.32 Å². The predicted octanol–water partition coefficient (Wildman–Crippen LogP) is 4.06. The summed E-state index contributed by atoms with van der Waals surface area (Å²) in [6, 6.07) is 15.1. The van der Waals surface area contributed by atoms with Gasteiger partial charge in [-0.2, -0.15) is 0 Å². The molecule has 0 spiro atoms. The van der Waals surface area contributed by atoms with Gasteiger partial charge in [0.1, 0.15) is 5.75 Å². The number of methoxy groups -OCH3 is 1. The molecule has 0 heterocycles. The first-order chi connectivity index (χ1) is 12.1. The Bertz CT molecular complexity index is 775. The fourth-order valence-electron chi connectivity index (χ4n) is 2.14. The molecule has 0 aliphatic heterocycles. The Kier molecular flexibility index (Phi) is 7.10. The molecule has 130 valence electrons. The molecule has 6 heteroatoms. The zero-order valence-corrected chi connectivity index (χ0v) is 14.9. The van der Waals surface area contributed by atoms with Gasteiger partial charge in [0.05, 0.1) is 18.7 Å². The average Bonchev–Trinajstić information content (AvgIpc) is 2.61. The summed E-state index contributed by atoms with van der Waals surface area (Å²) in [6.07, 6.45) is 2.29. The van der Waals surface area contributed by atoms with E-state index < -0.39 is 0 Å². The lowest BCUT2D eigenvalue weighted by Gasteiger charge is -2.09. The number of carbonyl (C=O) groups excluding carboxylic acids is 2. The van der Waals surface area contributed by atoms with Gasteiger partial charge in [-0.25, -0.2) is 0 Å². The molecule has 0 radical (unpaired) electrons. The summed E-state index contributed by atoms with van der Waals surface area (Å²) < 4.78 is 5.24. The van der Waals surface area contributed by atoms with Crippen LogP contribution in [0.25, 0.3) is 6.08 Å². The van der Waals surface area contributed by atoms with Gasteiger partial charge >= 0.3 is 0 Å². The second kappa shape index (κ2) is 9.54. The topological polar surface area (TPSA) is 67.4 Å². The lowest BCUT2D eigenvalue weighted by molar-refractivity contribution is -0.104. The van der Waals surface area contributed by atoms with Gasteiger partial charge < -0.3 is 15.4 Å². The summed E-state index contributed by atoms with van der Waals surface area (Å²) >= 11 is 0.845. The first kappa shape index (κ1) is 18.6. The summed E-state index contributed by atoms with van der Waals surface area (Å²) in [5.74, 6) is 0.643. The second-order valence-corrected chi connectivity index (χ2v) is 6.24. The van der Waals surface area contributed by atoms with E-state index in [0.717, 1.165) is 28.6 Å². The van der Waals surface area contributed by atoms with Crippen LogP contribution >= 0.6 is 11.8 Å². The van der Waals surface area contributed by atoms with Crippen LogP contribution in [0, 0.1) is 6.92 Å². The maximum absolute atomic E-state index is 12.0. The van der Waals surface area contributed by atoms with Crippen molar-refractivity contribution in [2.75, 3.05) is 19.1 Å². The number of benzene rings is 2. The molecule has 5 nitrogen and oxygen atoms in total. The lowest BCUT2D eigenvalue weighted by Crippen LogP contribution is -2.25. The molecule has 2 rings (SSSR count). The van der Waals surface area contributed by atoms with Gasteiger partial charge in [0.2, 0.25) is 0 Å². The fourth-order valence-corrected chi connectivity index (χ4v) is 2.74. The number of thioether (sulfide) groups is 1. The molecule has 0 aliphatic rings. The van der Waals surface area contributed by atoms with E-state index in [2.05, 4.69) is 10.6 Å². The van der Waals surface area contributed by atoms with Gasteiger partial charge in [0.15, 0.2) is 6.29 Å². The van der Waals surface area contributed by atoms with E-state index in [4.69, 9.17) is 4.74 Å². The quantitative estimate of drug-likeness (QED) is 0.445. The molecule has 0 aliphatic carbocycles. The zero-order valence-electron chi connectivity index (χ0n) is 14.1. The van der Waals surface area contributed by atoms with Crippen LogP contribution in [0.2, 0.25) is 0 Å². The number of hydrogen-bond donors (Lipinski definition) is 2. The predicted molar refractivity (Wildman–Crippen MR) is 103 cm³/mol. The second-order valence-electron chi connectivity index (χ2n) is 5.20. The maximum atomic E-state index is 12.0. The van der Waals surface area contributed by atoms with E-state index in [1.165, 1.54) is 0 Å². The lowest BCUT2D eigenvalue weighted by atomic mass is 10.2. The molecular formula is C19H20N2O3S. The van der Waals surface area contributed by atoms with Crippen LogP contribution in [0.3, 0.4) is 0 Å². The molecule has 2 aromatic rings. The number of anilines is 1. The Morgan fingerprint density at radius 2 is 2.00 bits per heavy atom. The van der Waals surface area contributed by atoms with Gasteiger partial charge in [-0.1, -0.05) is 30.3 Å². The third-order valence-corrected chi connectivity index (χ3v) is 4.09. The summed E-state index contributed by atoms with van der Waals surface area (Å²) in [5.41, 5.74) is 2.80. The number of ether oxygens (including phenoxy) is 1. The largest absolute Gasteiger partial charge is 0.496 e. The highest BCUT2D eigenvalue weighted by Gasteiger charge is 2.08. The van der Waals surface area contributed by atoms with E-state index in [-0.39, 0.29) is 11.9 Å². The summed E-state index contributed by atoms with van der Waals surface area (Å²) in [6.45, 7) is 2.27. The van der Waals surface area contributed by atoms with Crippen LogP contribution in [0.1, 0.15) is 11.1 Å². The SMILES string of the molecule is COc1ccccc1/C=C(\C=O)SC(=O)NCNc1cccc(C)c1. The highest BCUT2D eigenvalue weighted by molar-refractivity contribution is 8.17. The minimum absolute atomic E-state index is 0.274. The van der Waals surface area contributed by atoms with Crippen molar-refractivity contribution in [3.05, 3.63) is 64.6 Å². The normalized spacial score (nSPS) is 10.9. The molecule has 1 amide bonds. The smallest absolute Gasteiger partial charge is 0.285 e. The molecule has 0 atom stereocenters. The maximum Gasteiger partial charge on any atom is 0.285 e. The molecule has 0 bridgehead atoms. The Morgan fingerprint density at radius 1 is 1.20 bits per heavy atom. The van der Waals surface area contributed by atoms with Crippen molar-refractivity contribution in [1.29, 1.82) is 0 Å². The fraction of sp³-hybridized carbons (Fsp3) is 0.158. The molecule has 0 aromatic heterocycles. The van der Waals surface area contributed by atoms with Gasteiger partial charge in [-0.05, 0) is 48.5 Å². The summed E-state index contributed by atoms with van der Waals surface area (Å²) in [4.78, 5) is 23.6. The molecule has 0 fully saturated rings. The Balaban J connectivity index is 1.91. The van der Waals surface area contributed by atoms with Crippen molar-refractivity contribution in [3.8, 4) is 5.75 Å². The van der Waals surface area contributed by atoms with Crippen LogP contribution in [-0.4, -0.2) is 25.3 Å².